The molecular formula is C15H24N2O2. The fraction of sp³-hybridized carbons (Fsp3) is 0.600. The van der Waals surface area contributed by atoms with Crippen molar-refractivity contribution in [3.63, 3.8) is 0 Å². The zero-order valence-electron chi connectivity index (χ0n) is 11.7. The minimum absolute atomic E-state index is 0.240. The molecule has 0 aliphatic carbocycles. The molecule has 0 atom stereocenters. The van der Waals surface area contributed by atoms with Crippen molar-refractivity contribution in [3.8, 4) is 5.75 Å². The van der Waals surface area contributed by atoms with Gasteiger partial charge < -0.3 is 20.1 Å². The number of aliphatic hydroxyl groups is 1. The van der Waals surface area contributed by atoms with Crippen molar-refractivity contribution >= 4 is 5.69 Å². The van der Waals surface area contributed by atoms with Crippen LogP contribution in [0.15, 0.2) is 18.2 Å². The lowest BCUT2D eigenvalue weighted by molar-refractivity contribution is 0.286. The van der Waals surface area contributed by atoms with Crippen LogP contribution in [0.4, 0.5) is 5.69 Å². The first-order valence-corrected chi connectivity index (χ1v) is 7.08. The van der Waals surface area contributed by atoms with E-state index in [4.69, 9.17) is 9.84 Å². The van der Waals surface area contributed by atoms with Crippen LogP contribution in [0.5, 0.6) is 5.75 Å². The van der Waals surface area contributed by atoms with Crippen LogP contribution in [-0.2, 0) is 6.54 Å². The number of nitrogens with one attached hydrogen (secondary N) is 1. The van der Waals surface area contributed by atoms with Crippen LogP contribution < -0.4 is 15.0 Å². The van der Waals surface area contributed by atoms with E-state index in [1.807, 2.05) is 0 Å². The van der Waals surface area contributed by atoms with Gasteiger partial charge in [0.2, 0.25) is 0 Å². The Labute approximate surface area is 115 Å². The Morgan fingerprint density at radius 3 is 2.79 bits per heavy atom. The van der Waals surface area contributed by atoms with E-state index >= 15 is 0 Å². The minimum Gasteiger partial charge on any atom is -0.495 e. The molecule has 0 spiro atoms. The second kappa shape index (κ2) is 7.36. The number of hydrogen-bond donors (Lipinski definition) is 2. The Kier molecular flexibility index (Phi) is 5.48. The van der Waals surface area contributed by atoms with Crippen molar-refractivity contribution in [2.24, 2.45) is 0 Å². The lowest BCUT2D eigenvalue weighted by Gasteiger charge is -2.21. The summed E-state index contributed by atoms with van der Waals surface area (Å²) in [6.45, 7) is 4.16. The number of aliphatic hydroxyl groups excluding tert-OH is 1. The van der Waals surface area contributed by atoms with Gasteiger partial charge in [-0.05, 0) is 43.5 Å². The van der Waals surface area contributed by atoms with Gasteiger partial charge in [0.1, 0.15) is 5.75 Å². The van der Waals surface area contributed by atoms with Gasteiger partial charge in [-0.3, -0.25) is 0 Å². The third-order valence-electron chi connectivity index (χ3n) is 3.53. The monoisotopic (exact) mass is 264 g/mol. The molecule has 0 bridgehead atoms. The summed E-state index contributed by atoms with van der Waals surface area (Å²) in [7, 11) is 1.73. The summed E-state index contributed by atoms with van der Waals surface area (Å²) in [6, 6.07) is 6.43. The first kappa shape index (κ1) is 14.2. The summed E-state index contributed by atoms with van der Waals surface area (Å²) in [5, 5.41) is 12.1. The molecule has 0 amide bonds. The zero-order chi connectivity index (χ0) is 13.5. The van der Waals surface area contributed by atoms with Crippen LogP contribution in [0.1, 0.15) is 24.8 Å². The van der Waals surface area contributed by atoms with Gasteiger partial charge in [0, 0.05) is 26.2 Å². The normalized spacial score (nSPS) is 14.9. The summed E-state index contributed by atoms with van der Waals surface area (Å²) < 4.78 is 5.52. The van der Waals surface area contributed by atoms with E-state index in [9.17, 15) is 0 Å². The maximum atomic E-state index is 8.74. The molecule has 0 saturated carbocycles. The van der Waals surface area contributed by atoms with Gasteiger partial charge in [-0.1, -0.05) is 6.07 Å². The number of ether oxygens (including phenoxy) is 1. The Hall–Kier alpha value is -1.26. The third-order valence-corrected chi connectivity index (χ3v) is 3.53. The molecule has 0 aromatic heterocycles. The largest absolute Gasteiger partial charge is 0.495 e. The molecule has 1 aromatic rings. The average molecular weight is 264 g/mol. The number of anilines is 1. The highest BCUT2D eigenvalue weighted by atomic mass is 16.5. The Morgan fingerprint density at radius 2 is 2.11 bits per heavy atom. The molecule has 1 aliphatic heterocycles. The number of methoxy groups -OCH3 is 1. The van der Waals surface area contributed by atoms with Gasteiger partial charge in [-0.25, -0.2) is 0 Å². The van der Waals surface area contributed by atoms with Gasteiger partial charge in [0.25, 0.3) is 0 Å². The number of rotatable bonds is 7. The number of nitrogens with zero attached hydrogens (tertiary/aromatic N) is 1. The summed E-state index contributed by atoms with van der Waals surface area (Å²) in [4.78, 5) is 2.39. The number of hydrogen-bond acceptors (Lipinski definition) is 4. The second-order valence-corrected chi connectivity index (χ2v) is 4.95. The minimum atomic E-state index is 0.240. The highest BCUT2D eigenvalue weighted by Crippen LogP contribution is 2.31. The van der Waals surface area contributed by atoms with Crippen LogP contribution in [0, 0.1) is 0 Å². The van der Waals surface area contributed by atoms with Crippen LogP contribution in [0.25, 0.3) is 0 Å². The summed E-state index contributed by atoms with van der Waals surface area (Å²) in [5.41, 5.74) is 2.43. The molecule has 1 fully saturated rings. The van der Waals surface area contributed by atoms with E-state index < -0.39 is 0 Å². The Morgan fingerprint density at radius 1 is 1.32 bits per heavy atom. The molecule has 106 valence electrons. The van der Waals surface area contributed by atoms with Crippen molar-refractivity contribution in [3.05, 3.63) is 23.8 Å². The Bertz CT molecular complexity index is 390. The van der Waals surface area contributed by atoms with Gasteiger partial charge in [0.05, 0.1) is 12.8 Å². The maximum absolute atomic E-state index is 8.74. The smallest absolute Gasteiger partial charge is 0.142 e. The quantitative estimate of drug-likeness (QED) is 0.737. The fourth-order valence-electron chi connectivity index (χ4n) is 2.49. The molecule has 1 saturated heterocycles. The van der Waals surface area contributed by atoms with E-state index in [1.165, 1.54) is 24.1 Å². The molecular weight excluding hydrogens is 240 g/mol. The van der Waals surface area contributed by atoms with Crippen LogP contribution in [0.2, 0.25) is 0 Å². The van der Waals surface area contributed by atoms with Gasteiger partial charge in [-0.2, -0.15) is 0 Å². The predicted octanol–water partition coefficient (Wildman–Crippen LogP) is 1.77. The molecule has 19 heavy (non-hydrogen) atoms. The topological polar surface area (TPSA) is 44.7 Å². The zero-order valence-corrected chi connectivity index (χ0v) is 11.7. The lowest BCUT2D eigenvalue weighted by atomic mass is 10.1. The van der Waals surface area contributed by atoms with E-state index in [0.29, 0.717) is 0 Å². The van der Waals surface area contributed by atoms with Crippen LogP contribution in [-0.4, -0.2) is 38.5 Å². The predicted molar refractivity (Wildman–Crippen MR) is 77.9 cm³/mol. The average Bonchev–Trinajstić information content (AvgIpc) is 2.97. The molecule has 1 aliphatic rings. The van der Waals surface area contributed by atoms with E-state index in [-0.39, 0.29) is 6.61 Å². The first-order chi connectivity index (χ1) is 9.35. The van der Waals surface area contributed by atoms with Crippen molar-refractivity contribution in [1.29, 1.82) is 0 Å². The summed E-state index contributed by atoms with van der Waals surface area (Å²) in [6.07, 6.45) is 3.34. The highest BCUT2D eigenvalue weighted by molar-refractivity contribution is 5.60. The van der Waals surface area contributed by atoms with Gasteiger partial charge >= 0.3 is 0 Å². The SMILES string of the molecule is COc1cc(CNCCCO)ccc1N1CCCC1. The van der Waals surface area contributed by atoms with Crippen LogP contribution >= 0.6 is 0 Å². The van der Waals surface area contributed by atoms with Crippen molar-refractivity contribution < 1.29 is 9.84 Å². The van der Waals surface area contributed by atoms with Crippen molar-refractivity contribution in [2.45, 2.75) is 25.8 Å². The Balaban J connectivity index is 1.99. The molecule has 0 radical (unpaired) electrons. The lowest BCUT2D eigenvalue weighted by Crippen LogP contribution is -2.19. The second-order valence-electron chi connectivity index (χ2n) is 4.95. The molecule has 2 rings (SSSR count). The van der Waals surface area contributed by atoms with Crippen molar-refractivity contribution in [2.75, 3.05) is 38.3 Å². The maximum Gasteiger partial charge on any atom is 0.142 e. The molecule has 2 N–H and O–H groups in total. The van der Waals surface area contributed by atoms with Crippen molar-refractivity contribution in [1.82, 2.24) is 5.32 Å². The van der Waals surface area contributed by atoms with E-state index in [1.54, 1.807) is 7.11 Å². The highest BCUT2D eigenvalue weighted by Gasteiger charge is 2.16. The van der Waals surface area contributed by atoms with E-state index in [2.05, 4.69) is 28.4 Å². The standard InChI is InChI=1S/C15H24N2O2/c1-19-15-11-13(12-16-7-4-10-18)5-6-14(15)17-8-2-3-9-17/h5-6,11,16,18H,2-4,7-10,12H2,1H3. The molecule has 1 heterocycles. The molecule has 0 unspecified atom stereocenters. The van der Waals surface area contributed by atoms with Gasteiger partial charge in [0.15, 0.2) is 0 Å². The molecule has 4 nitrogen and oxygen atoms in total. The summed E-state index contributed by atoms with van der Waals surface area (Å²) >= 11 is 0. The first-order valence-electron chi connectivity index (χ1n) is 7.08. The molecule has 1 aromatic carbocycles. The van der Waals surface area contributed by atoms with E-state index in [0.717, 1.165) is 38.3 Å². The van der Waals surface area contributed by atoms with Crippen LogP contribution in [0.3, 0.4) is 0 Å². The summed E-state index contributed by atoms with van der Waals surface area (Å²) in [5.74, 6) is 0.961. The van der Waals surface area contributed by atoms with Gasteiger partial charge in [-0.15, -0.1) is 0 Å². The third kappa shape index (κ3) is 3.85. The number of benzene rings is 1. The molecule has 4 heteroatoms. The fourth-order valence-corrected chi connectivity index (χ4v) is 2.49.